The fourth-order valence-corrected chi connectivity index (χ4v) is 2.18. The lowest BCUT2D eigenvalue weighted by molar-refractivity contribution is -0.0806. The Bertz CT molecular complexity index is 511. The van der Waals surface area contributed by atoms with Crippen molar-refractivity contribution in [2.45, 2.75) is 6.10 Å². The van der Waals surface area contributed by atoms with Crippen molar-refractivity contribution in [1.82, 2.24) is 9.97 Å². The number of thiophene rings is 1. The number of hydrazine groups is 1. The molecule has 0 unspecified atom stereocenters. The summed E-state index contributed by atoms with van der Waals surface area (Å²) >= 11 is 1.53. The Labute approximate surface area is 95.4 Å². The minimum atomic E-state index is 0.0867. The van der Waals surface area contributed by atoms with E-state index in [1.807, 2.05) is 11.4 Å². The number of anilines is 1. The van der Waals surface area contributed by atoms with Gasteiger partial charge in [-0.15, -0.1) is 11.3 Å². The van der Waals surface area contributed by atoms with Gasteiger partial charge in [-0.1, -0.05) is 0 Å². The van der Waals surface area contributed by atoms with E-state index in [1.165, 1.54) is 11.3 Å². The van der Waals surface area contributed by atoms with Crippen molar-refractivity contribution in [3.63, 3.8) is 0 Å². The third kappa shape index (κ3) is 1.58. The lowest BCUT2D eigenvalue weighted by Gasteiger charge is -2.26. The van der Waals surface area contributed by atoms with E-state index in [0.29, 0.717) is 25.0 Å². The van der Waals surface area contributed by atoms with E-state index in [1.54, 1.807) is 0 Å². The van der Waals surface area contributed by atoms with E-state index < -0.39 is 0 Å². The van der Waals surface area contributed by atoms with Crippen molar-refractivity contribution in [3.8, 4) is 5.88 Å². The van der Waals surface area contributed by atoms with Crippen LogP contribution < -0.4 is 16.0 Å². The van der Waals surface area contributed by atoms with Crippen LogP contribution >= 0.6 is 11.3 Å². The van der Waals surface area contributed by atoms with Gasteiger partial charge >= 0.3 is 0 Å². The molecule has 0 spiro atoms. The molecule has 0 atom stereocenters. The average molecular weight is 238 g/mol. The molecule has 84 valence electrons. The van der Waals surface area contributed by atoms with Gasteiger partial charge in [-0.25, -0.2) is 10.8 Å². The Morgan fingerprint density at radius 3 is 3.06 bits per heavy atom. The molecule has 0 aliphatic carbocycles. The predicted molar refractivity (Wildman–Crippen MR) is 60.5 cm³/mol. The summed E-state index contributed by atoms with van der Waals surface area (Å²) in [7, 11) is 0. The zero-order chi connectivity index (χ0) is 11.0. The van der Waals surface area contributed by atoms with Gasteiger partial charge in [-0.2, -0.15) is 4.98 Å². The van der Waals surface area contributed by atoms with Crippen LogP contribution in [0.3, 0.4) is 0 Å². The minimum Gasteiger partial charge on any atom is -0.469 e. The molecule has 0 radical (unpaired) electrons. The number of hydrogen-bond donors (Lipinski definition) is 2. The van der Waals surface area contributed by atoms with Crippen molar-refractivity contribution in [2.24, 2.45) is 5.84 Å². The second-order valence-electron chi connectivity index (χ2n) is 3.41. The second kappa shape index (κ2) is 3.85. The third-order valence-corrected chi connectivity index (χ3v) is 3.11. The molecule has 1 aliphatic rings. The summed E-state index contributed by atoms with van der Waals surface area (Å²) in [5.74, 6) is 6.23. The SMILES string of the molecule is NNc1nc(OC2COC2)c2ccsc2n1. The van der Waals surface area contributed by atoms with Gasteiger partial charge in [0.15, 0.2) is 0 Å². The number of hydrogen-bond acceptors (Lipinski definition) is 7. The first kappa shape index (κ1) is 9.76. The molecule has 0 saturated carbocycles. The van der Waals surface area contributed by atoms with Gasteiger partial charge in [-0.3, -0.25) is 5.43 Å². The Hall–Kier alpha value is -1.44. The van der Waals surface area contributed by atoms with Crippen molar-refractivity contribution in [3.05, 3.63) is 11.4 Å². The molecule has 2 aromatic heterocycles. The number of ether oxygens (including phenoxy) is 2. The number of rotatable bonds is 3. The topological polar surface area (TPSA) is 82.3 Å². The predicted octanol–water partition coefficient (Wildman–Crippen LogP) is 0.754. The summed E-state index contributed by atoms with van der Waals surface area (Å²) in [5.41, 5.74) is 2.43. The first-order valence-electron chi connectivity index (χ1n) is 4.83. The Kier molecular flexibility index (Phi) is 2.35. The second-order valence-corrected chi connectivity index (χ2v) is 4.31. The molecule has 7 heteroatoms. The number of nitrogens with one attached hydrogen (secondary N) is 1. The number of nitrogen functional groups attached to an aromatic ring is 1. The van der Waals surface area contributed by atoms with Crippen LogP contribution in [0.5, 0.6) is 5.88 Å². The normalized spacial score (nSPS) is 16.1. The molecule has 16 heavy (non-hydrogen) atoms. The highest BCUT2D eigenvalue weighted by Crippen LogP contribution is 2.29. The van der Waals surface area contributed by atoms with Crippen molar-refractivity contribution >= 4 is 27.5 Å². The molecule has 2 aromatic rings. The Balaban J connectivity index is 2.01. The molecule has 1 saturated heterocycles. The number of nitrogens with two attached hydrogens (primary N) is 1. The monoisotopic (exact) mass is 238 g/mol. The van der Waals surface area contributed by atoms with Crippen LogP contribution in [0.4, 0.5) is 5.95 Å². The number of nitrogens with zero attached hydrogens (tertiary/aromatic N) is 2. The molecular formula is C9H10N4O2S. The van der Waals surface area contributed by atoms with E-state index in [-0.39, 0.29) is 6.10 Å². The Morgan fingerprint density at radius 2 is 2.38 bits per heavy atom. The summed E-state index contributed by atoms with van der Waals surface area (Å²) < 4.78 is 10.8. The van der Waals surface area contributed by atoms with Crippen LogP contribution in [-0.4, -0.2) is 29.3 Å². The molecule has 0 bridgehead atoms. The van der Waals surface area contributed by atoms with Crippen LogP contribution in [0.2, 0.25) is 0 Å². The molecule has 1 aliphatic heterocycles. The minimum absolute atomic E-state index is 0.0867. The standard InChI is InChI=1S/C9H10N4O2S/c10-13-9-11-7(15-5-3-14-4-5)6-1-2-16-8(6)12-9/h1-2,5H,3-4,10H2,(H,11,12,13). The van der Waals surface area contributed by atoms with Crippen LogP contribution in [0.1, 0.15) is 0 Å². The van der Waals surface area contributed by atoms with Gasteiger partial charge in [0.25, 0.3) is 0 Å². The maximum absolute atomic E-state index is 5.70. The van der Waals surface area contributed by atoms with Gasteiger partial charge in [0.05, 0.1) is 18.6 Å². The first-order chi connectivity index (χ1) is 7.86. The average Bonchev–Trinajstić information content (AvgIpc) is 2.70. The number of fused-ring (bicyclic) bond motifs is 1. The summed E-state index contributed by atoms with van der Waals surface area (Å²) in [5, 5.41) is 2.86. The smallest absolute Gasteiger partial charge is 0.241 e. The lowest BCUT2D eigenvalue weighted by Crippen LogP contribution is -2.38. The summed E-state index contributed by atoms with van der Waals surface area (Å²) in [6.45, 7) is 1.22. The maximum atomic E-state index is 5.70. The van der Waals surface area contributed by atoms with Crippen molar-refractivity contribution in [1.29, 1.82) is 0 Å². The van der Waals surface area contributed by atoms with Gasteiger partial charge in [-0.05, 0) is 11.4 Å². The summed E-state index contributed by atoms with van der Waals surface area (Å²) in [6.07, 6.45) is 0.0867. The zero-order valence-electron chi connectivity index (χ0n) is 8.34. The molecule has 1 fully saturated rings. The molecule has 0 aromatic carbocycles. The van der Waals surface area contributed by atoms with E-state index in [2.05, 4.69) is 15.4 Å². The highest BCUT2D eigenvalue weighted by molar-refractivity contribution is 7.16. The van der Waals surface area contributed by atoms with Crippen LogP contribution in [0, 0.1) is 0 Å². The quantitative estimate of drug-likeness (QED) is 0.606. The Morgan fingerprint density at radius 1 is 1.50 bits per heavy atom. The van der Waals surface area contributed by atoms with Gasteiger partial charge < -0.3 is 9.47 Å². The zero-order valence-corrected chi connectivity index (χ0v) is 9.16. The van der Waals surface area contributed by atoms with Crippen LogP contribution in [-0.2, 0) is 4.74 Å². The van der Waals surface area contributed by atoms with Gasteiger partial charge in [0, 0.05) is 0 Å². The van der Waals surface area contributed by atoms with Crippen molar-refractivity contribution < 1.29 is 9.47 Å². The van der Waals surface area contributed by atoms with E-state index in [4.69, 9.17) is 15.3 Å². The third-order valence-electron chi connectivity index (χ3n) is 2.30. The fraction of sp³-hybridized carbons (Fsp3) is 0.333. The van der Waals surface area contributed by atoms with Crippen LogP contribution in [0.25, 0.3) is 10.2 Å². The maximum Gasteiger partial charge on any atom is 0.241 e. The highest BCUT2D eigenvalue weighted by Gasteiger charge is 2.22. The molecule has 3 N–H and O–H groups in total. The van der Waals surface area contributed by atoms with E-state index in [9.17, 15) is 0 Å². The van der Waals surface area contributed by atoms with Crippen molar-refractivity contribution in [2.75, 3.05) is 18.6 Å². The lowest BCUT2D eigenvalue weighted by atomic mass is 10.3. The summed E-state index contributed by atoms with van der Waals surface area (Å²) in [4.78, 5) is 9.28. The molecule has 0 amide bonds. The number of aromatic nitrogens is 2. The molecular weight excluding hydrogens is 228 g/mol. The largest absolute Gasteiger partial charge is 0.469 e. The molecule has 3 heterocycles. The van der Waals surface area contributed by atoms with Crippen LogP contribution in [0.15, 0.2) is 11.4 Å². The fourth-order valence-electron chi connectivity index (χ4n) is 1.42. The van der Waals surface area contributed by atoms with Gasteiger partial charge in [0.1, 0.15) is 10.9 Å². The van der Waals surface area contributed by atoms with Gasteiger partial charge in [0.2, 0.25) is 11.8 Å². The molecule has 3 rings (SSSR count). The summed E-state index contributed by atoms with van der Waals surface area (Å²) in [6, 6.07) is 1.94. The first-order valence-corrected chi connectivity index (χ1v) is 5.71. The van der Waals surface area contributed by atoms with E-state index >= 15 is 0 Å². The highest BCUT2D eigenvalue weighted by atomic mass is 32.1. The molecule has 6 nitrogen and oxygen atoms in total. The van der Waals surface area contributed by atoms with E-state index in [0.717, 1.165) is 10.2 Å².